The summed E-state index contributed by atoms with van der Waals surface area (Å²) < 4.78 is 19.0. The van der Waals surface area contributed by atoms with E-state index in [-0.39, 0.29) is 6.10 Å². The molecule has 0 aromatic carbocycles. The summed E-state index contributed by atoms with van der Waals surface area (Å²) in [6.45, 7) is 3.45. The molecule has 3 aromatic heterocycles. The summed E-state index contributed by atoms with van der Waals surface area (Å²) in [6, 6.07) is 9.92. The van der Waals surface area contributed by atoms with E-state index < -0.39 is 0 Å². The molecule has 4 rings (SSSR count). The van der Waals surface area contributed by atoms with Gasteiger partial charge in [-0.25, -0.2) is 0 Å². The van der Waals surface area contributed by atoms with Crippen LogP contribution in [0.25, 0.3) is 0 Å². The number of hydrogen-bond donors (Lipinski definition) is 0. The smallest absolute Gasteiger partial charge is 0.191 e. The Hall–Kier alpha value is -2.20. The SMILES string of the molecule is COCc1ccc(CN(C)Cc2nnc(SCc3ccccn3)n2C[C@H]2CCCO2)o1. The minimum atomic E-state index is 0.218. The predicted octanol–water partition coefficient (Wildman–Crippen LogP) is 3.52. The van der Waals surface area contributed by atoms with Gasteiger partial charge in [0.25, 0.3) is 0 Å². The van der Waals surface area contributed by atoms with Gasteiger partial charge in [0.2, 0.25) is 0 Å². The summed E-state index contributed by atoms with van der Waals surface area (Å²) in [5.74, 6) is 3.44. The molecule has 0 radical (unpaired) electrons. The van der Waals surface area contributed by atoms with Crippen LogP contribution in [0.3, 0.4) is 0 Å². The first kappa shape index (κ1) is 22.0. The third-order valence-corrected chi connectivity index (χ3v) is 6.12. The lowest BCUT2D eigenvalue weighted by atomic mass is 10.2. The first-order valence-corrected chi connectivity index (χ1v) is 11.5. The molecule has 1 aliphatic rings. The molecule has 31 heavy (non-hydrogen) atoms. The third-order valence-electron chi connectivity index (χ3n) is 5.12. The maximum absolute atomic E-state index is 5.89. The Morgan fingerprint density at radius 3 is 2.87 bits per heavy atom. The zero-order chi connectivity index (χ0) is 21.5. The first-order valence-electron chi connectivity index (χ1n) is 10.5. The van der Waals surface area contributed by atoms with Crippen molar-refractivity contribution in [1.82, 2.24) is 24.6 Å². The van der Waals surface area contributed by atoms with Crippen molar-refractivity contribution in [2.24, 2.45) is 0 Å². The van der Waals surface area contributed by atoms with Gasteiger partial charge in [-0.3, -0.25) is 9.88 Å². The first-order chi connectivity index (χ1) is 15.2. The van der Waals surface area contributed by atoms with Crippen LogP contribution in [0.4, 0.5) is 0 Å². The molecule has 0 spiro atoms. The van der Waals surface area contributed by atoms with Gasteiger partial charge in [0.1, 0.15) is 24.0 Å². The Bertz CT molecular complexity index is 940. The van der Waals surface area contributed by atoms with Gasteiger partial charge in [-0.2, -0.15) is 0 Å². The Labute approximate surface area is 187 Å². The van der Waals surface area contributed by atoms with Crippen molar-refractivity contribution in [3.8, 4) is 0 Å². The fourth-order valence-corrected chi connectivity index (χ4v) is 4.51. The standard InChI is InChI=1S/C22H29N5O3S/c1-26(12-19-8-9-20(30-19)15-28-2)14-21-24-25-22(27(21)13-18-7-5-11-29-18)31-16-17-6-3-4-10-23-17/h3-4,6,8-10,18H,5,7,11-16H2,1-2H3/t18-/m1/s1. The molecule has 4 heterocycles. The number of ether oxygens (including phenoxy) is 2. The molecule has 0 bridgehead atoms. The van der Waals surface area contributed by atoms with Crippen molar-refractivity contribution < 1.29 is 13.9 Å². The van der Waals surface area contributed by atoms with Crippen molar-refractivity contribution in [3.63, 3.8) is 0 Å². The fourth-order valence-electron chi connectivity index (χ4n) is 3.63. The quantitative estimate of drug-likeness (QED) is 0.417. The molecule has 0 unspecified atom stereocenters. The maximum Gasteiger partial charge on any atom is 0.191 e. The van der Waals surface area contributed by atoms with E-state index in [1.807, 2.05) is 36.5 Å². The molecule has 1 aliphatic heterocycles. The second-order valence-corrected chi connectivity index (χ2v) is 8.67. The van der Waals surface area contributed by atoms with Gasteiger partial charge < -0.3 is 18.5 Å². The van der Waals surface area contributed by atoms with Gasteiger partial charge >= 0.3 is 0 Å². The minimum Gasteiger partial charge on any atom is -0.462 e. The fraction of sp³-hybridized carbons (Fsp3) is 0.500. The lowest BCUT2D eigenvalue weighted by molar-refractivity contribution is 0.0933. The molecule has 1 fully saturated rings. The number of methoxy groups -OCH3 is 1. The largest absolute Gasteiger partial charge is 0.462 e. The Kier molecular flexibility index (Phi) is 7.74. The molecule has 3 aromatic rings. The minimum absolute atomic E-state index is 0.218. The molecule has 9 heteroatoms. The zero-order valence-corrected chi connectivity index (χ0v) is 18.9. The Morgan fingerprint density at radius 2 is 2.10 bits per heavy atom. The zero-order valence-electron chi connectivity index (χ0n) is 18.1. The number of hydrogen-bond acceptors (Lipinski definition) is 8. The molecule has 1 atom stereocenters. The molecule has 0 aliphatic carbocycles. The highest BCUT2D eigenvalue weighted by molar-refractivity contribution is 7.98. The van der Waals surface area contributed by atoms with Crippen LogP contribution < -0.4 is 0 Å². The van der Waals surface area contributed by atoms with Gasteiger partial charge in [0.15, 0.2) is 5.16 Å². The van der Waals surface area contributed by atoms with Crippen molar-refractivity contribution in [2.45, 2.75) is 56.1 Å². The summed E-state index contributed by atoms with van der Waals surface area (Å²) >= 11 is 1.66. The normalized spacial score (nSPS) is 16.4. The van der Waals surface area contributed by atoms with E-state index in [9.17, 15) is 0 Å². The highest BCUT2D eigenvalue weighted by Crippen LogP contribution is 2.24. The van der Waals surface area contributed by atoms with E-state index in [0.717, 1.165) is 59.9 Å². The molecule has 166 valence electrons. The third kappa shape index (κ3) is 6.16. The van der Waals surface area contributed by atoms with Crippen LogP contribution in [0.5, 0.6) is 0 Å². The molecule has 0 amide bonds. The van der Waals surface area contributed by atoms with Gasteiger partial charge in [-0.15, -0.1) is 10.2 Å². The van der Waals surface area contributed by atoms with E-state index in [4.69, 9.17) is 13.9 Å². The van der Waals surface area contributed by atoms with Gasteiger partial charge in [0, 0.05) is 25.7 Å². The van der Waals surface area contributed by atoms with Crippen molar-refractivity contribution in [1.29, 1.82) is 0 Å². The monoisotopic (exact) mass is 443 g/mol. The Morgan fingerprint density at radius 1 is 1.19 bits per heavy atom. The molecule has 0 N–H and O–H groups in total. The van der Waals surface area contributed by atoms with Gasteiger partial charge in [0.05, 0.1) is 31.4 Å². The lowest BCUT2D eigenvalue weighted by Crippen LogP contribution is -2.23. The number of furan rings is 1. The molecule has 1 saturated heterocycles. The van der Waals surface area contributed by atoms with Gasteiger partial charge in [-0.1, -0.05) is 17.8 Å². The van der Waals surface area contributed by atoms with Crippen LogP contribution in [0, 0.1) is 0 Å². The van der Waals surface area contributed by atoms with E-state index >= 15 is 0 Å². The number of aromatic nitrogens is 4. The number of nitrogens with zero attached hydrogens (tertiary/aromatic N) is 5. The molecular weight excluding hydrogens is 414 g/mol. The van der Waals surface area contributed by atoms with Crippen LogP contribution in [-0.2, 0) is 41.5 Å². The van der Waals surface area contributed by atoms with Crippen LogP contribution in [-0.4, -0.2) is 51.5 Å². The average molecular weight is 444 g/mol. The van der Waals surface area contributed by atoms with Crippen molar-refractivity contribution in [3.05, 3.63) is 59.6 Å². The summed E-state index contributed by atoms with van der Waals surface area (Å²) in [5, 5.41) is 9.91. The van der Waals surface area contributed by atoms with Crippen molar-refractivity contribution >= 4 is 11.8 Å². The van der Waals surface area contributed by atoms with Gasteiger partial charge in [-0.05, 0) is 44.2 Å². The molecule has 8 nitrogen and oxygen atoms in total. The number of thioether (sulfide) groups is 1. The maximum atomic E-state index is 5.89. The van der Waals surface area contributed by atoms with Crippen LogP contribution in [0.2, 0.25) is 0 Å². The van der Waals surface area contributed by atoms with Crippen LogP contribution in [0.1, 0.15) is 35.9 Å². The number of pyridine rings is 1. The summed E-state index contributed by atoms with van der Waals surface area (Å²) in [6.07, 6.45) is 4.23. The average Bonchev–Trinajstić information content (AvgIpc) is 3.52. The van der Waals surface area contributed by atoms with Crippen LogP contribution in [0.15, 0.2) is 46.1 Å². The second kappa shape index (κ2) is 10.9. The highest BCUT2D eigenvalue weighted by Gasteiger charge is 2.22. The highest BCUT2D eigenvalue weighted by atomic mass is 32.2. The molecule has 0 saturated carbocycles. The summed E-state index contributed by atoms with van der Waals surface area (Å²) in [5.41, 5.74) is 1.03. The second-order valence-electron chi connectivity index (χ2n) is 7.73. The van der Waals surface area contributed by atoms with E-state index in [2.05, 4.69) is 31.7 Å². The predicted molar refractivity (Wildman–Crippen MR) is 117 cm³/mol. The number of rotatable bonds is 11. The van der Waals surface area contributed by atoms with Crippen LogP contribution >= 0.6 is 11.8 Å². The van der Waals surface area contributed by atoms with E-state index in [1.54, 1.807) is 18.9 Å². The Balaban J connectivity index is 1.43. The summed E-state index contributed by atoms with van der Waals surface area (Å²) in [4.78, 5) is 6.59. The molecular formula is C22H29N5O3S. The van der Waals surface area contributed by atoms with E-state index in [0.29, 0.717) is 19.7 Å². The van der Waals surface area contributed by atoms with Crippen molar-refractivity contribution in [2.75, 3.05) is 20.8 Å². The van der Waals surface area contributed by atoms with E-state index in [1.165, 1.54) is 0 Å². The lowest BCUT2D eigenvalue weighted by Gasteiger charge is -2.18. The summed E-state index contributed by atoms with van der Waals surface area (Å²) in [7, 11) is 3.73. The topological polar surface area (TPSA) is 78.4 Å².